The number of amides is 1. The predicted octanol–water partition coefficient (Wildman–Crippen LogP) is 4.58. The van der Waals surface area contributed by atoms with Crippen LogP contribution in [-0.4, -0.2) is 60.3 Å². The Morgan fingerprint density at radius 2 is 1.91 bits per heavy atom. The number of nitrogens with two attached hydrogens (primary N) is 1. The number of primary amides is 1. The number of fused-ring (bicyclic) bond motifs is 3. The number of carbonyl (C=O) groups is 1. The molecule has 1 aliphatic heterocycles. The van der Waals surface area contributed by atoms with Gasteiger partial charge in [0.2, 0.25) is 5.91 Å². The summed E-state index contributed by atoms with van der Waals surface area (Å²) in [7, 11) is 0. The van der Waals surface area contributed by atoms with Gasteiger partial charge in [0.25, 0.3) is 0 Å². The molecular weight excluding hydrogens is 460 g/mol. The quantitative estimate of drug-likeness (QED) is 0.581. The number of aryl methyl sites for hydroxylation is 1. The van der Waals surface area contributed by atoms with Crippen molar-refractivity contribution in [1.82, 2.24) is 9.88 Å². The fourth-order valence-corrected chi connectivity index (χ4v) is 8.03. The summed E-state index contributed by atoms with van der Waals surface area (Å²) in [5.41, 5.74) is 6.89. The Labute approximate surface area is 211 Å². The van der Waals surface area contributed by atoms with E-state index in [0.717, 1.165) is 73.8 Å². The lowest BCUT2D eigenvalue weighted by Gasteiger charge is -2.38. The summed E-state index contributed by atoms with van der Waals surface area (Å²) >= 11 is 1.78. The van der Waals surface area contributed by atoms with Crippen LogP contribution in [0.2, 0.25) is 0 Å². The van der Waals surface area contributed by atoms with Gasteiger partial charge in [-0.3, -0.25) is 9.69 Å². The van der Waals surface area contributed by atoms with Gasteiger partial charge in [-0.15, -0.1) is 11.3 Å². The SMILES string of the molecule is NC(=O)C[C@H]1CCc2sc3nc(NC4CCCC4)cc(OC4CCC(N5CCOCC5)CC4)c3c21. The van der Waals surface area contributed by atoms with Crippen LogP contribution in [0.1, 0.15) is 80.6 Å². The first kappa shape index (κ1) is 23.5. The average Bonchev–Trinajstić information content (AvgIpc) is 3.58. The molecule has 3 N–H and O–H groups in total. The minimum Gasteiger partial charge on any atom is -0.490 e. The molecule has 0 unspecified atom stereocenters. The molecule has 0 aromatic carbocycles. The van der Waals surface area contributed by atoms with E-state index in [1.165, 1.54) is 49.0 Å². The molecule has 2 aromatic rings. The zero-order valence-corrected chi connectivity index (χ0v) is 21.4. The summed E-state index contributed by atoms with van der Waals surface area (Å²) < 4.78 is 12.4. The first-order valence-electron chi connectivity index (χ1n) is 13.6. The molecule has 8 heteroatoms. The van der Waals surface area contributed by atoms with Gasteiger partial charge < -0.3 is 20.5 Å². The lowest BCUT2D eigenvalue weighted by atomic mass is 9.91. The second-order valence-electron chi connectivity index (χ2n) is 10.9. The summed E-state index contributed by atoms with van der Waals surface area (Å²) in [5.74, 6) is 1.86. The molecule has 0 radical (unpaired) electrons. The van der Waals surface area contributed by atoms with E-state index in [1.807, 2.05) is 0 Å². The number of aromatic nitrogens is 1. The Morgan fingerprint density at radius 3 is 2.66 bits per heavy atom. The van der Waals surface area contributed by atoms with Gasteiger partial charge in [0.1, 0.15) is 16.4 Å². The fraction of sp³-hybridized carbons (Fsp3) is 0.704. The van der Waals surface area contributed by atoms with E-state index >= 15 is 0 Å². The predicted molar refractivity (Wildman–Crippen MR) is 139 cm³/mol. The molecule has 4 aliphatic rings. The second-order valence-corrected chi connectivity index (χ2v) is 11.9. The van der Waals surface area contributed by atoms with E-state index in [0.29, 0.717) is 18.5 Å². The van der Waals surface area contributed by atoms with Crippen LogP contribution in [0.4, 0.5) is 5.82 Å². The first-order chi connectivity index (χ1) is 17.1. The van der Waals surface area contributed by atoms with Crippen LogP contribution in [0.15, 0.2) is 6.07 Å². The standard InChI is InChI=1S/C27H38N4O3S/c28-23(32)15-17-5-10-22-25(17)26-21(16-24(30-27(26)35-22)29-18-3-1-2-4-18)34-20-8-6-19(7-9-20)31-11-13-33-14-12-31/h16-20H,1-15H2,(H2,28,32)(H,29,30)/t17-,19?,20?/m1/s1. The summed E-state index contributed by atoms with van der Waals surface area (Å²) in [4.78, 5) is 21.8. The van der Waals surface area contributed by atoms with Crippen LogP contribution in [0, 0.1) is 0 Å². The van der Waals surface area contributed by atoms with Crippen molar-refractivity contribution in [3.05, 3.63) is 16.5 Å². The summed E-state index contributed by atoms with van der Waals surface area (Å²) in [6.07, 6.45) is 12.1. The largest absolute Gasteiger partial charge is 0.490 e. The average molecular weight is 499 g/mol. The van der Waals surface area contributed by atoms with Gasteiger partial charge >= 0.3 is 0 Å². The van der Waals surface area contributed by atoms with Gasteiger partial charge in [-0.05, 0) is 62.8 Å². The molecule has 190 valence electrons. The normalized spacial score (nSPS) is 27.8. The molecule has 35 heavy (non-hydrogen) atoms. The highest BCUT2D eigenvalue weighted by Gasteiger charge is 2.33. The van der Waals surface area contributed by atoms with E-state index in [4.69, 9.17) is 20.2 Å². The van der Waals surface area contributed by atoms with Crippen LogP contribution in [0.5, 0.6) is 5.75 Å². The number of hydrogen-bond acceptors (Lipinski definition) is 7. The number of hydrogen-bond donors (Lipinski definition) is 2. The monoisotopic (exact) mass is 498 g/mol. The minimum absolute atomic E-state index is 0.186. The first-order valence-corrected chi connectivity index (χ1v) is 14.5. The Bertz CT molecular complexity index is 1050. The third-order valence-electron chi connectivity index (χ3n) is 8.52. The van der Waals surface area contributed by atoms with Crippen LogP contribution < -0.4 is 15.8 Å². The number of nitrogens with zero attached hydrogens (tertiary/aromatic N) is 2. The Hall–Kier alpha value is -1.90. The fourth-order valence-electron chi connectivity index (χ4n) is 6.74. The number of anilines is 1. The molecule has 2 saturated carbocycles. The highest BCUT2D eigenvalue weighted by molar-refractivity contribution is 7.19. The number of morpholine rings is 1. The molecule has 6 rings (SSSR count). The number of pyridine rings is 1. The van der Waals surface area contributed by atoms with Crippen LogP contribution in [-0.2, 0) is 16.0 Å². The van der Waals surface area contributed by atoms with Gasteiger partial charge in [-0.1, -0.05) is 12.8 Å². The lowest BCUT2D eigenvalue weighted by Crippen LogP contribution is -2.46. The number of thiophene rings is 1. The highest BCUT2D eigenvalue weighted by atomic mass is 32.1. The third kappa shape index (κ3) is 5.02. The van der Waals surface area contributed by atoms with Gasteiger partial charge in [-0.25, -0.2) is 4.98 Å². The molecule has 0 bridgehead atoms. The van der Waals surface area contributed by atoms with E-state index < -0.39 is 0 Å². The topological polar surface area (TPSA) is 89.7 Å². The van der Waals surface area contributed by atoms with Crippen molar-refractivity contribution in [3.63, 3.8) is 0 Å². The maximum Gasteiger partial charge on any atom is 0.218 e. The molecule has 3 heterocycles. The van der Waals surface area contributed by atoms with Gasteiger partial charge in [-0.2, -0.15) is 0 Å². The van der Waals surface area contributed by atoms with Crippen molar-refractivity contribution >= 4 is 33.3 Å². The van der Waals surface area contributed by atoms with Crippen molar-refractivity contribution in [2.45, 2.75) is 94.7 Å². The maximum absolute atomic E-state index is 11.8. The van der Waals surface area contributed by atoms with Gasteiger partial charge in [0, 0.05) is 42.5 Å². The number of carbonyl (C=O) groups excluding carboxylic acids is 1. The molecule has 2 aromatic heterocycles. The molecule has 1 atom stereocenters. The smallest absolute Gasteiger partial charge is 0.218 e. The number of nitrogens with one attached hydrogen (secondary N) is 1. The van der Waals surface area contributed by atoms with Gasteiger partial charge in [0.05, 0.1) is 24.7 Å². The van der Waals surface area contributed by atoms with E-state index in [1.54, 1.807) is 11.3 Å². The Morgan fingerprint density at radius 1 is 1.14 bits per heavy atom. The Balaban J connectivity index is 1.25. The second kappa shape index (κ2) is 10.2. The van der Waals surface area contributed by atoms with Crippen LogP contribution in [0.25, 0.3) is 10.2 Å². The number of ether oxygens (including phenoxy) is 2. The zero-order valence-electron chi connectivity index (χ0n) is 20.6. The molecule has 3 fully saturated rings. The van der Waals surface area contributed by atoms with Crippen LogP contribution in [0.3, 0.4) is 0 Å². The summed E-state index contributed by atoms with van der Waals surface area (Å²) in [6.45, 7) is 3.83. The molecule has 7 nitrogen and oxygen atoms in total. The molecule has 1 saturated heterocycles. The lowest BCUT2D eigenvalue weighted by molar-refractivity contribution is -0.118. The summed E-state index contributed by atoms with van der Waals surface area (Å²) in [5, 5.41) is 4.83. The van der Waals surface area contributed by atoms with Crippen molar-refractivity contribution in [2.75, 3.05) is 31.6 Å². The number of rotatable bonds is 7. The minimum atomic E-state index is -0.224. The van der Waals surface area contributed by atoms with Gasteiger partial charge in [0.15, 0.2) is 0 Å². The van der Waals surface area contributed by atoms with Crippen molar-refractivity contribution < 1.29 is 14.3 Å². The van der Waals surface area contributed by atoms with E-state index in [-0.39, 0.29) is 17.9 Å². The molecular formula is C27H38N4O3S. The summed E-state index contributed by atoms with van der Waals surface area (Å²) in [6, 6.07) is 3.30. The van der Waals surface area contributed by atoms with Crippen molar-refractivity contribution in [2.24, 2.45) is 5.73 Å². The highest BCUT2D eigenvalue weighted by Crippen LogP contribution is 2.49. The van der Waals surface area contributed by atoms with Crippen molar-refractivity contribution in [1.29, 1.82) is 0 Å². The molecule has 1 amide bonds. The molecule has 3 aliphatic carbocycles. The van der Waals surface area contributed by atoms with Crippen molar-refractivity contribution in [3.8, 4) is 5.75 Å². The zero-order chi connectivity index (χ0) is 23.8. The van der Waals surface area contributed by atoms with Crippen LogP contribution >= 0.6 is 11.3 Å². The van der Waals surface area contributed by atoms with E-state index in [9.17, 15) is 4.79 Å². The third-order valence-corrected chi connectivity index (χ3v) is 9.68. The Kier molecular flexibility index (Phi) is 6.87. The molecule has 0 spiro atoms. The maximum atomic E-state index is 11.8. The van der Waals surface area contributed by atoms with E-state index in [2.05, 4.69) is 16.3 Å².